The predicted octanol–water partition coefficient (Wildman–Crippen LogP) is 3.03. The minimum Gasteiger partial charge on any atom is -0.329 e. The molecule has 0 amide bonds. The van der Waals surface area contributed by atoms with E-state index in [0.717, 1.165) is 31.6 Å². The Hall–Kier alpha value is -0.860. The Morgan fingerprint density at radius 1 is 1.11 bits per heavy atom. The van der Waals surface area contributed by atoms with E-state index in [4.69, 9.17) is 5.73 Å². The van der Waals surface area contributed by atoms with Crippen molar-refractivity contribution in [2.24, 2.45) is 11.7 Å². The lowest BCUT2D eigenvalue weighted by atomic mass is 9.86. The average Bonchev–Trinajstić information content (AvgIpc) is 2.40. The van der Waals surface area contributed by atoms with Crippen LogP contribution in [-0.2, 0) is 6.54 Å². The first-order valence-corrected chi connectivity index (χ1v) is 7.27. The molecular weight excluding hydrogens is 220 g/mol. The van der Waals surface area contributed by atoms with Crippen molar-refractivity contribution >= 4 is 0 Å². The predicted molar refractivity (Wildman–Crippen MR) is 77.3 cm³/mol. The van der Waals surface area contributed by atoms with Crippen LogP contribution in [-0.4, -0.2) is 24.0 Å². The molecule has 0 radical (unpaired) electrons. The van der Waals surface area contributed by atoms with Gasteiger partial charge in [0.05, 0.1) is 0 Å². The van der Waals surface area contributed by atoms with Gasteiger partial charge in [-0.15, -0.1) is 0 Å². The Morgan fingerprint density at radius 2 is 1.78 bits per heavy atom. The van der Waals surface area contributed by atoms with Gasteiger partial charge in [0.15, 0.2) is 0 Å². The topological polar surface area (TPSA) is 29.3 Å². The summed E-state index contributed by atoms with van der Waals surface area (Å²) in [4.78, 5) is 2.58. The summed E-state index contributed by atoms with van der Waals surface area (Å²) in [5, 5.41) is 0. The molecule has 2 N–H and O–H groups in total. The lowest BCUT2D eigenvalue weighted by Crippen LogP contribution is -2.40. The first kappa shape index (κ1) is 13.6. The molecule has 0 atom stereocenters. The second-order valence-corrected chi connectivity index (χ2v) is 5.66. The zero-order chi connectivity index (χ0) is 12.8. The fraction of sp³-hybridized carbons (Fsp3) is 0.625. The number of hydrogen-bond donors (Lipinski definition) is 1. The maximum absolute atomic E-state index is 5.78. The smallest absolute Gasteiger partial charge is 0.0237 e. The van der Waals surface area contributed by atoms with E-state index in [1.807, 2.05) is 0 Å². The summed E-state index contributed by atoms with van der Waals surface area (Å²) in [7, 11) is 0. The maximum Gasteiger partial charge on any atom is 0.0237 e. The van der Waals surface area contributed by atoms with Crippen LogP contribution in [0.4, 0.5) is 0 Å². The van der Waals surface area contributed by atoms with Crippen LogP contribution in [0.3, 0.4) is 0 Å². The highest BCUT2D eigenvalue weighted by Gasteiger charge is 2.23. The minimum absolute atomic E-state index is 0.741. The Bertz CT molecular complexity index is 328. The quantitative estimate of drug-likeness (QED) is 0.865. The van der Waals surface area contributed by atoms with E-state index in [1.54, 1.807) is 0 Å². The van der Waals surface area contributed by atoms with E-state index < -0.39 is 0 Å². The summed E-state index contributed by atoms with van der Waals surface area (Å²) in [5.41, 5.74) is 7.18. The van der Waals surface area contributed by atoms with Gasteiger partial charge in [0.1, 0.15) is 0 Å². The lowest BCUT2D eigenvalue weighted by molar-refractivity contribution is 0.136. The average molecular weight is 246 g/mol. The van der Waals surface area contributed by atoms with E-state index in [2.05, 4.69) is 42.2 Å². The van der Waals surface area contributed by atoms with Crippen molar-refractivity contribution in [1.82, 2.24) is 4.90 Å². The third-order valence-corrected chi connectivity index (χ3v) is 4.15. The van der Waals surface area contributed by atoms with Gasteiger partial charge in [-0.3, -0.25) is 4.90 Å². The summed E-state index contributed by atoms with van der Waals surface area (Å²) in [5.74, 6) is 0.915. The van der Waals surface area contributed by atoms with Gasteiger partial charge in [-0.1, -0.05) is 37.3 Å². The van der Waals surface area contributed by atoms with Crippen molar-refractivity contribution in [2.45, 2.75) is 45.2 Å². The SMILES string of the molecule is CC1CCC(N(CCN)Cc2ccccc2)CC1. The fourth-order valence-electron chi connectivity index (χ4n) is 2.98. The van der Waals surface area contributed by atoms with E-state index in [-0.39, 0.29) is 0 Å². The normalized spacial score (nSPS) is 24.4. The molecule has 0 heterocycles. The molecule has 0 unspecified atom stereocenters. The molecule has 2 nitrogen and oxygen atoms in total. The van der Waals surface area contributed by atoms with Crippen LogP contribution in [0.5, 0.6) is 0 Å². The number of nitrogens with two attached hydrogens (primary N) is 1. The van der Waals surface area contributed by atoms with E-state index in [1.165, 1.54) is 31.2 Å². The highest BCUT2D eigenvalue weighted by Crippen LogP contribution is 2.27. The van der Waals surface area contributed by atoms with E-state index in [0.29, 0.717) is 0 Å². The van der Waals surface area contributed by atoms with Crippen molar-refractivity contribution in [1.29, 1.82) is 0 Å². The van der Waals surface area contributed by atoms with Gasteiger partial charge in [-0.25, -0.2) is 0 Å². The van der Waals surface area contributed by atoms with Crippen molar-refractivity contribution in [3.8, 4) is 0 Å². The highest BCUT2D eigenvalue weighted by atomic mass is 15.2. The molecule has 0 spiro atoms. The zero-order valence-electron chi connectivity index (χ0n) is 11.5. The molecule has 1 saturated carbocycles. The van der Waals surface area contributed by atoms with Crippen LogP contribution >= 0.6 is 0 Å². The van der Waals surface area contributed by atoms with Gasteiger partial charge >= 0.3 is 0 Å². The third-order valence-electron chi connectivity index (χ3n) is 4.15. The molecule has 18 heavy (non-hydrogen) atoms. The van der Waals surface area contributed by atoms with Crippen LogP contribution in [0.2, 0.25) is 0 Å². The summed E-state index contributed by atoms with van der Waals surface area (Å²) >= 11 is 0. The minimum atomic E-state index is 0.741. The molecule has 0 bridgehead atoms. The van der Waals surface area contributed by atoms with Gasteiger partial charge in [0.2, 0.25) is 0 Å². The number of benzene rings is 1. The summed E-state index contributed by atoms with van der Waals surface area (Å²) < 4.78 is 0. The zero-order valence-corrected chi connectivity index (χ0v) is 11.5. The van der Waals surface area contributed by atoms with Crippen LogP contribution < -0.4 is 5.73 Å². The standard InChI is InChI=1S/C16H26N2/c1-14-7-9-16(10-8-14)18(12-11-17)13-15-5-3-2-4-6-15/h2-6,14,16H,7-13,17H2,1H3. The first-order valence-electron chi connectivity index (χ1n) is 7.27. The number of hydrogen-bond acceptors (Lipinski definition) is 2. The molecule has 1 aromatic carbocycles. The summed E-state index contributed by atoms with van der Waals surface area (Å²) in [6, 6.07) is 11.5. The Balaban J connectivity index is 1.95. The summed E-state index contributed by atoms with van der Waals surface area (Å²) in [6.07, 6.45) is 5.43. The van der Waals surface area contributed by atoms with Crippen LogP contribution in [0.1, 0.15) is 38.2 Å². The molecule has 1 fully saturated rings. The van der Waals surface area contributed by atoms with Gasteiger partial charge in [-0.05, 0) is 37.2 Å². The van der Waals surface area contributed by atoms with Crippen molar-refractivity contribution < 1.29 is 0 Å². The Labute approximate surface area is 111 Å². The molecule has 0 saturated heterocycles. The Kier molecular flexibility index (Phi) is 5.21. The molecule has 2 heteroatoms. The molecule has 2 rings (SSSR count). The number of nitrogens with zero attached hydrogens (tertiary/aromatic N) is 1. The molecule has 1 aliphatic carbocycles. The monoisotopic (exact) mass is 246 g/mol. The molecule has 100 valence electrons. The van der Waals surface area contributed by atoms with Gasteiger partial charge in [-0.2, -0.15) is 0 Å². The lowest BCUT2D eigenvalue weighted by Gasteiger charge is -2.36. The van der Waals surface area contributed by atoms with Crippen LogP contribution in [0, 0.1) is 5.92 Å². The molecule has 1 aromatic rings. The largest absolute Gasteiger partial charge is 0.329 e. The van der Waals surface area contributed by atoms with E-state index >= 15 is 0 Å². The van der Waals surface area contributed by atoms with E-state index in [9.17, 15) is 0 Å². The van der Waals surface area contributed by atoms with Crippen molar-refractivity contribution in [3.63, 3.8) is 0 Å². The highest BCUT2D eigenvalue weighted by molar-refractivity contribution is 5.14. The van der Waals surface area contributed by atoms with Crippen molar-refractivity contribution in [2.75, 3.05) is 13.1 Å². The van der Waals surface area contributed by atoms with Crippen LogP contribution in [0.15, 0.2) is 30.3 Å². The number of rotatable bonds is 5. The van der Waals surface area contributed by atoms with Gasteiger partial charge in [0.25, 0.3) is 0 Å². The second kappa shape index (κ2) is 6.91. The second-order valence-electron chi connectivity index (χ2n) is 5.66. The maximum atomic E-state index is 5.78. The molecule has 1 aliphatic rings. The Morgan fingerprint density at radius 3 is 2.39 bits per heavy atom. The molecule has 0 aromatic heterocycles. The summed E-state index contributed by atoms with van der Waals surface area (Å²) in [6.45, 7) is 5.21. The van der Waals surface area contributed by atoms with Crippen molar-refractivity contribution in [3.05, 3.63) is 35.9 Å². The first-order chi connectivity index (χ1) is 8.79. The fourth-order valence-corrected chi connectivity index (χ4v) is 2.98. The third kappa shape index (κ3) is 3.82. The molecular formula is C16H26N2. The molecule has 0 aliphatic heterocycles. The van der Waals surface area contributed by atoms with Gasteiger partial charge in [0, 0.05) is 25.7 Å². The van der Waals surface area contributed by atoms with Crippen LogP contribution in [0.25, 0.3) is 0 Å². The van der Waals surface area contributed by atoms with Gasteiger partial charge < -0.3 is 5.73 Å².